The molecule has 2 aliphatic heterocycles. The third kappa shape index (κ3) is 7.82. The molecule has 2 bridgehead atoms. The second-order valence-corrected chi connectivity index (χ2v) is 10.3. The molecule has 4 atom stereocenters. The van der Waals surface area contributed by atoms with E-state index in [0.29, 0.717) is 30.5 Å². The van der Waals surface area contributed by atoms with Crippen molar-refractivity contribution < 1.29 is 29.6 Å². The largest absolute Gasteiger partial charge is 0.505 e. The summed E-state index contributed by atoms with van der Waals surface area (Å²) in [6.45, 7) is 3.63. The number of anilines is 2. The first-order valence-corrected chi connectivity index (χ1v) is 13.4. The first-order valence-electron chi connectivity index (χ1n) is 12.4. The number of carbonyl (C=O) groups excluding carboxylic acids is 2. The van der Waals surface area contributed by atoms with E-state index >= 15 is 0 Å². The maximum absolute atomic E-state index is 12.8. The summed E-state index contributed by atoms with van der Waals surface area (Å²) in [5, 5.41) is 38.0. The Kier molecular flexibility index (Phi) is 10.6. The number of phenolic OH excluding ortho intramolecular Hbond substituents is 1. The normalized spacial score (nSPS) is 29.9. The summed E-state index contributed by atoms with van der Waals surface area (Å²) in [6.07, 6.45) is 12.1. The smallest absolute Gasteiger partial charge is 0.234 e. The van der Waals surface area contributed by atoms with Crippen LogP contribution >= 0.6 is 11.8 Å². The Morgan fingerprint density at radius 2 is 1.78 bits per heavy atom. The van der Waals surface area contributed by atoms with Crippen molar-refractivity contribution in [1.82, 2.24) is 0 Å². The quantitative estimate of drug-likeness (QED) is 0.211. The Morgan fingerprint density at radius 3 is 2.54 bits per heavy atom. The number of aliphatic hydroxyl groups excluding tert-OH is 2. The zero-order chi connectivity index (χ0) is 26.9. The molecule has 5 N–H and O–H groups in total. The minimum absolute atomic E-state index is 0.0353. The Bertz CT molecular complexity index is 1110. The highest BCUT2D eigenvalue weighted by atomic mass is 32.2. The molecule has 0 fully saturated rings. The van der Waals surface area contributed by atoms with E-state index in [1.54, 1.807) is 24.3 Å². The first kappa shape index (κ1) is 28.7. The third-order valence-electron chi connectivity index (χ3n) is 6.54. The molecule has 0 saturated carbocycles. The van der Waals surface area contributed by atoms with Gasteiger partial charge in [-0.2, -0.15) is 0 Å². The monoisotopic (exact) mass is 528 g/mol. The molecular weight excluding hydrogens is 492 g/mol. The number of hydrogen-bond donors (Lipinski definition) is 5. The van der Waals surface area contributed by atoms with Gasteiger partial charge in [0.05, 0.1) is 41.9 Å². The molecule has 1 aromatic rings. The fraction of sp³-hybridized carbons (Fsp3) is 0.429. The zero-order valence-corrected chi connectivity index (χ0v) is 22.3. The highest BCUT2D eigenvalue weighted by molar-refractivity contribution is 8.00. The zero-order valence-electron chi connectivity index (χ0n) is 21.4. The van der Waals surface area contributed by atoms with Crippen molar-refractivity contribution in [2.24, 2.45) is 5.92 Å². The van der Waals surface area contributed by atoms with Gasteiger partial charge in [0.2, 0.25) is 11.8 Å². The summed E-state index contributed by atoms with van der Waals surface area (Å²) in [5.74, 6) is -0.674. The molecule has 2 amide bonds. The number of aliphatic hydroxyl groups is 2. The Hall–Kier alpha value is -2.85. The molecule has 37 heavy (non-hydrogen) atoms. The van der Waals surface area contributed by atoms with Crippen molar-refractivity contribution in [3.63, 3.8) is 0 Å². The van der Waals surface area contributed by atoms with Gasteiger partial charge in [-0.15, -0.1) is 11.8 Å². The summed E-state index contributed by atoms with van der Waals surface area (Å²) in [5.41, 5.74) is 2.11. The lowest BCUT2D eigenvalue weighted by Crippen LogP contribution is -2.30. The number of benzene rings is 1. The fourth-order valence-electron chi connectivity index (χ4n) is 4.25. The van der Waals surface area contributed by atoms with E-state index in [-0.39, 0.29) is 41.3 Å². The number of fused-ring (bicyclic) bond motifs is 4. The number of methoxy groups -OCH3 is 1. The lowest BCUT2D eigenvalue weighted by molar-refractivity contribution is -0.118. The van der Waals surface area contributed by atoms with E-state index in [4.69, 9.17) is 4.74 Å². The molecule has 0 radical (unpaired) electrons. The van der Waals surface area contributed by atoms with E-state index in [1.807, 2.05) is 38.2 Å². The number of aromatic hydroxyl groups is 1. The Labute approximate surface area is 222 Å². The minimum atomic E-state index is -0.816. The Morgan fingerprint density at radius 1 is 1.05 bits per heavy atom. The number of nitrogens with one attached hydrogen (secondary N) is 2. The first-order chi connectivity index (χ1) is 17.7. The second kappa shape index (κ2) is 13.6. The number of amides is 2. The predicted molar refractivity (Wildman–Crippen MR) is 147 cm³/mol. The number of hydrogen-bond acceptors (Lipinski definition) is 7. The van der Waals surface area contributed by atoms with E-state index < -0.39 is 18.3 Å². The van der Waals surface area contributed by atoms with Crippen molar-refractivity contribution in [2.75, 3.05) is 23.5 Å². The SMILES string of the molecule is CO[C@H]1\C=C/C=C\C=C/C[C@H](O)[C@H](C)[C@@H](O)/C(C)=C\CCc2c(O)c(cc3c2SCC(=O)N3)NC(=O)C1. The molecule has 9 heteroatoms. The summed E-state index contributed by atoms with van der Waals surface area (Å²) < 4.78 is 5.40. The van der Waals surface area contributed by atoms with Crippen LogP contribution in [0.25, 0.3) is 0 Å². The number of thioether (sulfide) groups is 1. The van der Waals surface area contributed by atoms with Crippen LogP contribution in [-0.4, -0.2) is 58.3 Å². The average molecular weight is 529 g/mol. The van der Waals surface area contributed by atoms with Crippen molar-refractivity contribution in [2.45, 2.75) is 62.7 Å². The van der Waals surface area contributed by atoms with Crippen LogP contribution in [0.5, 0.6) is 5.75 Å². The molecule has 8 nitrogen and oxygen atoms in total. The van der Waals surface area contributed by atoms with Crippen LogP contribution in [0.4, 0.5) is 11.4 Å². The van der Waals surface area contributed by atoms with E-state index in [9.17, 15) is 24.9 Å². The van der Waals surface area contributed by atoms with Crippen molar-refractivity contribution in [3.8, 4) is 5.75 Å². The molecule has 0 unspecified atom stereocenters. The van der Waals surface area contributed by atoms with Gasteiger partial charge in [-0.3, -0.25) is 9.59 Å². The molecular formula is C28H36N2O6S. The number of rotatable bonds is 1. The van der Waals surface area contributed by atoms with Crippen LogP contribution in [0.2, 0.25) is 0 Å². The van der Waals surface area contributed by atoms with Crippen LogP contribution in [0.1, 0.15) is 38.7 Å². The van der Waals surface area contributed by atoms with E-state index in [2.05, 4.69) is 10.6 Å². The molecule has 200 valence electrons. The summed E-state index contributed by atoms with van der Waals surface area (Å²) in [7, 11) is 1.51. The summed E-state index contributed by atoms with van der Waals surface area (Å²) in [6, 6.07) is 1.58. The minimum Gasteiger partial charge on any atom is -0.505 e. The molecule has 2 heterocycles. The third-order valence-corrected chi connectivity index (χ3v) is 7.70. The van der Waals surface area contributed by atoms with Gasteiger partial charge >= 0.3 is 0 Å². The van der Waals surface area contributed by atoms with Crippen LogP contribution in [-0.2, 0) is 20.7 Å². The maximum Gasteiger partial charge on any atom is 0.234 e. The van der Waals surface area contributed by atoms with Crippen LogP contribution in [0.3, 0.4) is 0 Å². The highest BCUT2D eigenvalue weighted by Gasteiger charge is 2.25. The van der Waals surface area contributed by atoms with Crippen LogP contribution in [0.15, 0.2) is 59.1 Å². The van der Waals surface area contributed by atoms with Crippen molar-refractivity contribution in [1.29, 1.82) is 0 Å². The molecule has 3 rings (SSSR count). The highest BCUT2D eigenvalue weighted by Crippen LogP contribution is 2.44. The van der Waals surface area contributed by atoms with E-state index in [1.165, 1.54) is 18.9 Å². The molecule has 2 aliphatic rings. The average Bonchev–Trinajstić information content (AvgIpc) is 2.87. The lowest BCUT2D eigenvalue weighted by Gasteiger charge is -2.24. The van der Waals surface area contributed by atoms with Crippen molar-refractivity contribution in [3.05, 3.63) is 59.7 Å². The van der Waals surface area contributed by atoms with Gasteiger partial charge in [-0.25, -0.2) is 0 Å². The maximum atomic E-state index is 12.8. The van der Waals surface area contributed by atoms with Gasteiger partial charge in [-0.1, -0.05) is 49.5 Å². The lowest BCUT2D eigenvalue weighted by atomic mass is 9.90. The number of ether oxygens (including phenoxy) is 1. The van der Waals surface area contributed by atoms with Gasteiger partial charge in [0.1, 0.15) is 5.75 Å². The molecule has 0 saturated heterocycles. The van der Waals surface area contributed by atoms with Gasteiger partial charge in [0.15, 0.2) is 0 Å². The molecule has 0 aliphatic carbocycles. The topological polar surface area (TPSA) is 128 Å². The van der Waals surface area contributed by atoms with Gasteiger partial charge in [-0.05, 0) is 37.8 Å². The van der Waals surface area contributed by atoms with Crippen LogP contribution in [0, 0.1) is 5.92 Å². The molecule has 0 spiro atoms. The van der Waals surface area contributed by atoms with E-state index in [0.717, 1.165) is 10.5 Å². The number of allylic oxidation sites excluding steroid dienone is 5. The summed E-state index contributed by atoms with van der Waals surface area (Å²) >= 11 is 1.34. The Balaban J connectivity index is 1.96. The second-order valence-electron chi connectivity index (χ2n) is 9.28. The molecule has 1 aromatic carbocycles. The molecule has 0 aromatic heterocycles. The summed E-state index contributed by atoms with van der Waals surface area (Å²) in [4.78, 5) is 25.6. The fourth-order valence-corrected chi connectivity index (χ4v) is 5.24. The van der Waals surface area contributed by atoms with Crippen LogP contribution < -0.4 is 10.6 Å². The van der Waals surface area contributed by atoms with Crippen molar-refractivity contribution >= 4 is 35.0 Å². The number of phenols is 1. The van der Waals surface area contributed by atoms with Gasteiger partial charge in [0.25, 0.3) is 0 Å². The van der Waals surface area contributed by atoms with Gasteiger partial charge in [0, 0.05) is 23.5 Å². The standard InChI is InChI=1S/C28H36N2O6S/c1-17-10-9-12-20-27(35)21(15-22-28(20)37-16-25(33)30-22)29-24(32)14-19(36-3)11-7-5-4-6-8-13-23(31)18(2)26(17)34/h4-8,10-11,15,18-19,23,26,31,34-35H,9,12-14,16H2,1-3H3,(H,29,32)(H,30,33)/b5-4-,8-6-,11-7-,17-10-/t18-,19-,23-,26-/m0/s1. The van der Waals surface area contributed by atoms with Gasteiger partial charge < -0.3 is 30.7 Å². The predicted octanol–water partition coefficient (Wildman–Crippen LogP) is 4.09. The number of carbonyl (C=O) groups is 2.